The zero-order chi connectivity index (χ0) is 15.0. The number of aromatic amines is 1. The topological polar surface area (TPSA) is 98.1 Å². The van der Waals surface area contributed by atoms with E-state index in [4.69, 9.17) is 10.5 Å². The fourth-order valence-corrected chi connectivity index (χ4v) is 2.21. The van der Waals surface area contributed by atoms with Crippen molar-refractivity contribution in [2.24, 2.45) is 11.7 Å². The fourth-order valence-electron chi connectivity index (χ4n) is 2.21. The third-order valence-electron chi connectivity index (χ3n) is 3.61. The van der Waals surface area contributed by atoms with Crippen LogP contribution in [-0.4, -0.2) is 28.5 Å². The molecule has 1 aromatic heterocycles. The van der Waals surface area contributed by atoms with Crippen LogP contribution in [0.4, 0.5) is 0 Å². The van der Waals surface area contributed by atoms with Crippen molar-refractivity contribution in [1.82, 2.24) is 9.97 Å². The number of imidazole rings is 1. The number of H-pyrrole nitrogens is 1. The Hall–Kier alpha value is -2.37. The van der Waals surface area contributed by atoms with Gasteiger partial charge in [0.15, 0.2) is 5.92 Å². The van der Waals surface area contributed by atoms with Crippen molar-refractivity contribution < 1.29 is 14.3 Å². The van der Waals surface area contributed by atoms with Crippen LogP contribution in [-0.2, 0) is 14.3 Å². The summed E-state index contributed by atoms with van der Waals surface area (Å²) in [5, 5.41) is 0. The number of aromatic nitrogens is 2. The maximum Gasteiger partial charge on any atom is 0.326 e. The molecule has 1 fully saturated rings. The van der Waals surface area contributed by atoms with E-state index in [2.05, 4.69) is 9.97 Å². The van der Waals surface area contributed by atoms with Crippen LogP contribution in [0.2, 0.25) is 0 Å². The summed E-state index contributed by atoms with van der Waals surface area (Å²) >= 11 is 0. The number of amides is 1. The van der Waals surface area contributed by atoms with Crippen LogP contribution in [0.3, 0.4) is 0 Å². The molecule has 3 rings (SSSR count). The lowest BCUT2D eigenvalue weighted by Gasteiger charge is -2.10. The number of primary amides is 1. The summed E-state index contributed by atoms with van der Waals surface area (Å²) in [4.78, 5) is 31.0. The van der Waals surface area contributed by atoms with E-state index in [1.54, 1.807) is 0 Å². The summed E-state index contributed by atoms with van der Waals surface area (Å²) in [5.74, 6) is -1.90. The van der Waals surface area contributed by atoms with Crippen LogP contribution < -0.4 is 5.73 Å². The fraction of sp³-hybridized carbons (Fsp3) is 0.400. The van der Waals surface area contributed by atoms with Gasteiger partial charge in [0, 0.05) is 0 Å². The second-order valence-electron chi connectivity index (χ2n) is 5.55. The number of nitrogens with one attached hydrogen (secondary N) is 1. The average Bonchev–Trinajstić information content (AvgIpc) is 3.16. The van der Waals surface area contributed by atoms with Crippen LogP contribution in [0, 0.1) is 12.8 Å². The van der Waals surface area contributed by atoms with Gasteiger partial charge < -0.3 is 15.5 Å². The minimum absolute atomic E-state index is 0.240. The maximum atomic E-state index is 12.1. The predicted molar refractivity (Wildman–Crippen MR) is 76.4 cm³/mol. The van der Waals surface area contributed by atoms with Crippen molar-refractivity contribution in [3.8, 4) is 0 Å². The molecule has 0 bridgehead atoms. The molecule has 1 heterocycles. The molecule has 6 nitrogen and oxygen atoms in total. The molecule has 2 aromatic rings. The van der Waals surface area contributed by atoms with Crippen molar-refractivity contribution in [2.75, 3.05) is 6.61 Å². The third kappa shape index (κ3) is 2.89. The zero-order valence-electron chi connectivity index (χ0n) is 11.8. The third-order valence-corrected chi connectivity index (χ3v) is 3.61. The Morgan fingerprint density at radius 2 is 2.24 bits per heavy atom. The van der Waals surface area contributed by atoms with Gasteiger partial charge in [-0.15, -0.1) is 0 Å². The van der Waals surface area contributed by atoms with Gasteiger partial charge in [-0.25, -0.2) is 4.98 Å². The summed E-state index contributed by atoms with van der Waals surface area (Å²) < 4.78 is 5.16. The van der Waals surface area contributed by atoms with E-state index in [0.29, 0.717) is 18.0 Å². The SMILES string of the molecule is Cc1ccc2nc(C(C(N)=O)C(=O)OCC3CC3)[nH]c2c1. The van der Waals surface area contributed by atoms with Gasteiger partial charge in [-0.3, -0.25) is 9.59 Å². The molecule has 1 atom stereocenters. The van der Waals surface area contributed by atoms with E-state index in [1.165, 1.54) is 0 Å². The first-order valence-electron chi connectivity index (χ1n) is 6.97. The van der Waals surface area contributed by atoms with Gasteiger partial charge in [-0.05, 0) is 43.4 Å². The van der Waals surface area contributed by atoms with E-state index in [1.807, 2.05) is 25.1 Å². The van der Waals surface area contributed by atoms with Gasteiger partial charge in [-0.1, -0.05) is 6.07 Å². The summed E-state index contributed by atoms with van der Waals surface area (Å²) in [6.07, 6.45) is 2.14. The predicted octanol–water partition coefficient (Wildman–Crippen LogP) is 1.39. The number of nitrogens with two attached hydrogens (primary N) is 1. The van der Waals surface area contributed by atoms with E-state index in [9.17, 15) is 9.59 Å². The Bertz CT molecular complexity index is 703. The minimum Gasteiger partial charge on any atom is -0.464 e. The molecule has 0 aliphatic heterocycles. The number of fused-ring (bicyclic) bond motifs is 1. The minimum atomic E-state index is -1.18. The first-order chi connectivity index (χ1) is 10.0. The van der Waals surface area contributed by atoms with Gasteiger partial charge in [0.1, 0.15) is 5.82 Å². The number of nitrogens with zero attached hydrogens (tertiary/aromatic N) is 1. The van der Waals surface area contributed by atoms with Crippen molar-refractivity contribution >= 4 is 22.9 Å². The average molecular weight is 287 g/mol. The molecule has 1 aromatic carbocycles. The normalized spacial score (nSPS) is 15.9. The number of aryl methyl sites for hydroxylation is 1. The van der Waals surface area contributed by atoms with Crippen LogP contribution in [0.25, 0.3) is 11.0 Å². The Kier molecular flexibility index (Phi) is 3.37. The molecule has 3 N–H and O–H groups in total. The van der Waals surface area contributed by atoms with Crippen molar-refractivity contribution in [3.63, 3.8) is 0 Å². The number of rotatable bonds is 5. The summed E-state index contributed by atoms with van der Waals surface area (Å²) in [5.41, 5.74) is 7.86. The Morgan fingerprint density at radius 3 is 2.90 bits per heavy atom. The molecule has 1 amide bonds. The highest BCUT2D eigenvalue weighted by molar-refractivity contribution is 6.02. The number of carbonyl (C=O) groups is 2. The molecular formula is C15H17N3O3. The zero-order valence-corrected chi connectivity index (χ0v) is 11.8. The quantitative estimate of drug-likeness (QED) is 0.641. The maximum absolute atomic E-state index is 12.1. The first kappa shape index (κ1) is 13.6. The summed E-state index contributed by atoms with van der Waals surface area (Å²) in [6.45, 7) is 2.30. The second kappa shape index (κ2) is 5.20. The van der Waals surface area contributed by atoms with Gasteiger partial charge >= 0.3 is 5.97 Å². The number of benzene rings is 1. The first-order valence-corrected chi connectivity index (χ1v) is 6.97. The number of ether oxygens (including phenoxy) is 1. The highest BCUT2D eigenvalue weighted by atomic mass is 16.5. The molecular weight excluding hydrogens is 270 g/mol. The Balaban J connectivity index is 1.86. The number of hydrogen-bond donors (Lipinski definition) is 2. The molecule has 0 radical (unpaired) electrons. The van der Waals surface area contributed by atoms with Crippen LogP contribution in [0.1, 0.15) is 30.1 Å². The van der Waals surface area contributed by atoms with Gasteiger partial charge in [0.25, 0.3) is 0 Å². The molecule has 1 aliphatic carbocycles. The van der Waals surface area contributed by atoms with Gasteiger partial charge in [0.2, 0.25) is 5.91 Å². The van der Waals surface area contributed by atoms with E-state index >= 15 is 0 Å². The Morgan fingerprint density at radius 1 is 1.48 bits per heavy atom. The lowest BCUT2D eigenvalue weighted by atomic mass is 10.1. The molecule has 1 unspecified atom stereocenters. The van der Waals surface area contributed by atoms with Crippen LogP contribution in [0.15, 0.2) is 18.2 Å². The van der Waals surface area contributed by atoms with E-state index in [0.717, 1.165) is 23.9 Å². The monoisotopic (exact) mass is 287 g/mol. The summed E-state index contributed by atoms with van der Waals surface area (Å²) in [7, 11) is 0. The number of hydrogen-bond acceptors (Lipinski definition) is 4. The molecule has 6 heteroatoms. The lowest BCUT2D eigenvalue weighted by Crippen LogP contribution is -2.31. The van der Waals surface area contributed by atoms with Crippen LogP contribution >= 0.6 is 0 Å². The summed E-state index contributed by atoms with van der Waals surface area (Å²) in [6, 6.07) is 5.65. The smallest absolute Gasteiger partial charge is 0.326 e. The van der Waals surface area contributed by atoms with E-state index < -0.39 is 17.8 Å². The highest BCUT2D eigenvalue weighted by Gasteiger charge is 2.33. The van der Waals surface area contributed by atoms with Gasteiger partial charge in [-0.2, -0.15) is 0 Å². The largest absolute Gasteiger partial charge is 0.464 e. The van der Waals surface area contributed by atoms with Crippen molar-refractivity contribution in [2.45, 2.75) is 25.7 Å². The molecule has 0 saturated heterocycles. The number of esters is 1. The molecule has 0 spiro atoms. The molecule has 1 aliphatic rings. The van der Waals surface area contributed by atoms with Crippen molar-refractivity contribution in [1.29, 1.82) is 0 Å². The molecule has 21 heavy (non-hydrogen) atoms. The highest BCUT2D eigenvalue weighted by Crippen LogP contribution is 2.29. The standard InChI is InChI=1S/C15H17N3O3/c1-8-2-5-10-11(6-8)18-14(17-10)12(13(16)19)15(20)21-7-9-3-4-9/h2,5-6,9,12H,3-4,7H2,1H3,(H2,16,19)(H,17,18). The van der Waals surface area contributed by atoms with E-state index in [-0.39, 0.29) is 5.82 Å². The Labute approximate surface area is 121 Å². The second-order valence-corrected chi connectivity index (χ2v) is 5.55. The molecule has 1 saturated carbocycles. The van der Waals surface area contributed by atoms with Gasteiger partial charge in [0.05, 0.1) is 17.6 Å². The molecule has 110 valence electrons. The van der Waals surface area contributed by atoms with Crippen molar-refractivity contribution in [3.05, 3.63) is 29.6 Å². The van der Waals surface area contributed by atoms with Crippen LogP contribution in [0.5, 0.6) is 0 Å². The number of carbonyl (C=O) groups excluding carboxylic acids is 2. The lowest BCUT2D eigenvalue weighted by molar-refractivity contribution is -0.148.